The molecule has 2 amide bonds. The SMILES string of the molecule is Cc1ccc2c(ccn2CC(=O)N2CCN(c3ccc(S(=O)(=O)Nc4nccs4)cc3)C(=O)C2)c1.[HH]. The Hall–Kier alpha value is -3.70. The van der Waals surface area contributed by atoms with E-state index in [1.165, 1.54) is 29.7 Å². The summed E-state index contributed by atoms with van der Waals surface area (Å²) in [5.74, 6) is -0.333. The topological polar surface area (TPSA) is 105 Å². The molecular formula is C24H25N5O4S2. The van der Waals surface area contributed by atoms with E-state index in [4.69, 9.17) is 0 Å². The third-order valence-corrected chi connectivity index (χ3v) is 8.09. The normalized spacial score (nSPS) is 14.5. The second-order valence-corrected chi connectivity index (χ2v) is 10.9. The molecule has 0 bridgehead atoms. The predicted molar refractivity (Wildman–Crippen MR) is 137 cm³/mol. The maximum absolute atomic E-state index is 12.9. The lowest BCUT2D eigenvalue weighted by atomic mass is 10.2. The van der Waals surface area contributed by atoms with Gasteiger partial charge in [-0.05, 0) is 54.8 Å². The molecule has 182 valence electrons. The van der Waals surface area contributed by atoms with Crippen LogP contribution in [0.2, 0.25) is 0 Å². The molecule has 4 aromatic rings. The molecule has 0 spiro atoms. The first-order valence-electron chi connectivity index (χ1n) is 11.0. The van der Waals surface area contributed by atoms with Crippen LogP contribution in [0.15, 0.2) is 71.2 Å². The largest absolute Gasteiger partial charge is 0.338 e. The fraction of sp³-hybridized carbons (Fsp3) is 0.208. The lowest BCUT2D eigenvalue weighted by Gasteiger charge is -2.34. The Morgan fingerprint density at radius 1 is 1.14 bits per heavy atom. The molecule has 11 heteroatoms. The van der Waals surface area contributed by atoms with Gasteiger partial charge in [0.25, 0.3) is 10.0 Å². The molecule has 1 aliphatic rings. The number of rotatable bonds is 6. The molecule has 2 aromatic carbocycles. The number of sulfonamides is 1. The molecule has 1 saturated heterocycles. The number of piperazine rings is 1. The summed E-state index contributed by atoms with van der Waals surface area (Å²) in [5.41, 5.74) is 2.72. The Morgan fingerprint density at radius 2 is 1.94 bits per heavy atom. The van der Waals surface area contributed by atoms with E-state index in [-0.39, 0.29) is 36.4 Å². The van der Waals surface area contributed by atoms with E-state index in [0.29, 0.717) is 18.8 Å². The molecule has 0 atom stereocenters. The zero-order chi connectivity index (χ0) is 24.6. The van der Waals surface area contributed by atoms with E-state index >= 15 is 0 Å². The zero-order valence-electron chi connectivity index (χ0n) is 18.9. The van der Waals surface area contributed by atoms with Crippen molar-refractivity contribution in [1.82, 2.24) is 14.5 Å². The highest BCUT2D eigenvalue weighted by molar-refractivity contribution is 7.93. The van der Waals surface area contributed by atoms with Crippen molar-refractivity contribution in [2.75, 3.05) is 29.3 Å². The fourth-order valence-corrected chi connectivity index (χ4v) is 5.90. The molecule has 35 heavy (non-hydrogen) atoms. The number of hydrogen-bond acceptors (Lipinski definition) is 6. The van der Waals surface area contributed by atoms with Gasteiger partial charge in [0, 0.05) is 43.5 Å². The number of aryl methyl sites for hydroxylation is 1. The maximum atomic E-state index is 12.9. The number of hydrogen-bond donors (Lipinski definition) is 1. The van der Waals surface area contributed by atoms with Crippen LogP contribution in [0.3, 0.4) is 0 Å². The van der Waals surface area contributed by atoms with E-state index in [2.05, 4.69) is 15.8 Å². The lowest BCUT2D eigenvalue weighted by Crippen LogP contribution is -2.53. The number of benzene rings is 2. The summed E-state index contributed by atoms with van der Waals surface area (Å²) in [6, 6.07) is 14.2. The number of fused-ring (bicyclic) bond motifs is 1. The smallest absolute Gasteiger partial charge is 0.263 e. The summed E-state index contributed by atoms with van der Waals surface area (Å²) in [5, 5.41) is 3.04. The summed E-state index contributed by atoms with van der Waals surface area (Å²) in [6.07, 6.45) is 3.41. The number of anilines is 2. The summed E-state index contributed by atoms with van der Waals surface area (Å²) in [6.45, 7) is 2.90. The van der Waals surface area contributed by atoms with Crippen LogP contribution in [0.5, 0.6) is 0 Å². The van der Waals surface area contributed by atoms with Gasteiger partial charge in [-0.1, -0.05) is 11.6 Å². The number of carbonyl (C=O) groups excluding carboxylic acids is 2. The van der Waals surface area contributed by atoms with Gasteiger partial charge in [-0.25, -0.2) is 13.4 Å². The molecular weight excluding hydrogens is 486 g/mol. The Kier molecular flexibility index (Phi) is 6.03. The first-order chi connectivity index (χ1) is 16.8. The van der Waals surface area contributed by atoms with Gasteiger partial charge >= 0.3 is 0 Å². The number of carbonyl (C=O) groups is 2. The van der Waals surface area contributed by atoms with Crippen LogP contribution in [0.1, 0.15) is 6.99 Å². The van der Waals surface area contributed by atoms with Gasteiger partial charge in [0.1, 0.15) is 13.1 Å². The Morgan fingerprint density at radius 3 is 2.66 bits per heavy atom. The number of aromatic nitrogens is 2. The summed E-state index contributed by atoms with van der Waals surface area (Å²) < 4.78 is 29.4. The minimum Gasteiger partial charge on any atom is -0.338 e. The van der Waals surface area contributed by atoms with Crippen molar-refractivity contribution in [3.8, 4) is 0 Å². The number of nitrogens with one attached hydrogen (secondary N) is 1. The van der Waals surface area contributed by atoms with Crippen LogP contribution in [0, 0.1) is 6.92 Å². The monoisotopic (exact) mass is 511 g/mol. The minimum atomic E-state index is -3.77. The Bertz CT molecular complexity index is 1500. The third kappa shape index (κ3) is 4.77. The molecule has 0 radical (unpaired) electrons. The van der Waals surface area contributed by atoms with Crippen molar-refractivity contribution >= 4 is 54.9 Å². The van der Waals surface area contributed by atoms with Crippen molar-refractivity contribution < 1.29 is 19.4 Å². The molecule has 0 saturated carbocycles. The van der Waals surface area contributed by atoms with Crippen molar-refractivity contribution in [1.29, 1.82) is 0 Å². The molecule has 2 aromatic heterocycles. The molecule has 1 N–H and O–H groups in total. The average molecular weight is 512 g/mol. The molecule has 9 nitrogen and oxygen atoms in total. The van der Waals surface area contributed by atoms with Crippen molar-refractivity contribution in [3.05, 3.63) is 71.9 Å². The van der Waals surface area contributed by atoms with Gasteiger partial charge in [-0.2, -0.15) is 0 Å². The van der Waals surface area contributed by atoms with Crippen LogP contribution in [0.25, 0.3) is 10.9 Å². The summed E-state index contributed by atoms with van der Waals surface area (Å²) in [4.78, 5) is 32.9. The van der Waals surface area contributed by atoms with E-state index in [1.807, 2.05) is 35.9 Å². The minimum absolute atomic E-state index is 0. The van der Waals surface area contributed by atoms with E-state index in [1.54, 1.807) is 27.3 Å². The van der Waals surface area contributed by atoms with E-state index in [9.17, 15) is 18.0 Å². The predicted octanol–water partition coefficient (Wildman–Crippen LogP) is 3.33. The van der Waals surface area contributed by atoms with Crippen LogP contribution >= 0.6 is 11.3 Å². The van der Waals surface area contributed by atoms with Crippen LogP contribution < -0.4 is 9.62 Å². The average Bonchev–Trinajstić information content (AvgIpc) is 3.48. The number of thiazole rings is 1. The molecule has 0 unspecified atom stereocenters. The highest BCUT2D eigenvalue weighted by Gasteiger charge is 2.28. The molecule has 1 aliphatic heterocycles. The summed E-state index contributed by atoms with van der Waals surface area (Å²) >= 11 is 1.19. The maximum Gasteiger partial charge on any atom is 0.263 e. The zero-order valence-corrected chi connectivity index (χ0v) is 20.6. The van der Waals surface area contributed by atoms with Gasteiger partial charge in [-0.3, -0.25) is 14.3 Å². The van der Waals surface area contributed by atoms with Crippen LogP contribution in [-0.4, -0.2) is 54.3 Å². The van der Waals surface area contributed by atoms with Gasteiger partial charge in [0.05, 0.1) is 4.90 Å². The second-order valence-electron chi connectivity index (χ2n) is 8.30. The Balaban J connectivity index is 0.00000304. The second kappa shape index (κ2) is 9.16. The molecule has 5 rings (SSSR count). The van der Waals surface area contributed by atoms with Crippen molar-refractivity contribution in [3.63, 3.8) is 0 Å². The highest BCUT2D eigenvalue weighted by Crippen LogP contribution is 2.23. The van der Waals surface area contributed by atoms with E-state index in [0.717, 1.165) is 16.5 Å². The van der Waals surface area contributed by atoms with E-state index < -0.39 is 10.0 Å². The van der Waals surface area contributed by atoms with Gasteiger partial charge in [0.2, 0.25) is 11.8 Å². The van der Waals surface area contributed by atoms with Crippen molar-refractivity contribution in [2.24, 2.45) is 0 Å². The van der Waals surface area contributed by atoms with Gasteiger partial charge in [0.15, 0.2) is 5.13 Å². The van der Waals surface area contributed by atoms with Gasteiger partial charge < -0.3 is 14.4 Å². The van der Waals surface area contributed by atoms with Crippen molar-refractivity contribution in [2.45, 2.75) is 18.4 Å². The molecule has 3 heterocycles. The Labute approximate surface area is 208 Å². The highest BCUT2D eigenvalue weighted by atomic mass is 32.2. The van der Waals surface area contributed by atoms with Crippen LogP contribution in [0.4, 0.5) is 10.8 Å². The molecule has 1 fully saturated rings. The van der Waals surface area contributed by atoms with Crippen LogP contribution in [-0.2, 0) is 26.2 Å². The first-order valence-corrected chi connectivity index (χ1v) is 13.3. The standard InChI is InChI=1S/C24H23N5O4S2.H2/c1-17-2-7-21-18(14-17)8-10-27(21)15-22(30)28-11-12-29(23(31)16-28)19-3-5-20(6-4-19)35(32,33)26-24-25-9-13-34-24;/h2-10,13-14H,11-12,15-16H2,1H3,(H,25,26);1H. The third-order valence-electron chi connectivity index (χ3n) is 5.92. The number of amides is 2. The fourth-order valence-electron chi connectivity index (χ4n) is 4.12. The molecule has 0 aliphatic carbocycles. The van der Waals surface area contributed by atoms with Gasteiger partial charge in [-0.15, -0.1) is 11.3 Å². The summed E-state index contributed by atoms with van der Waals surface area (Å²) in [7, 11) is -3.77. The first kappa shape index (κ1) is 23.1. The lowest BCUT2D eigenvalue weighted by molar-refractivity contribution is -0.137. The quantitative estimate of drug-likeness (QED) is 0.428. The number of nitrogens with zero attached hydrogens (tertiary/aromatic N) is 4.